The van der Waals surface area contributed by atoms with E-state index in [2.05, 4.69) is 63.7 Å². The Labute approximate surface area is 157 Å². The van der Waals surface area contributed by atoms with Crippen LogP contribution in [0.1, 0.15) is 0 Å². The molecule has 0 unspecified atom stereocenters. The molecule has 0 heterocycles. The van der Waals surface area contributed by atoms with Gasteiger partial charge in [-0.25, -0.2) is 0 Å². The maximum Gasteiger partial charge on any atom is 0.234 e. The SMILES string of the molecule is O=c1c(=O)c2cc(Br)cc3c(Br)c(Br)c4cc(Br)cc1c4c32. The zero-order chi connectivity index (χ0) is 15.8. The van der Waals surface area contributed by atoms with Crippen molar-refractivity contribution in [1.29, 1.82) is 0 Å². The molecule has 0 bridgehead atoms. The summed E-state index contributed by atoms with van der Waals surface area (Å²) < 4.78 is 3.26. The lowest BCUT2D eigenvalue weighted by Gasteiger charge is -2.14. The van der Waals surface area contributed by atoms with E-state index in [1.807, 2.05) is 12.1 Å². The summed E-state index contributed by atoms with van der Waals surface area (Å²) in [7, 11) is 0. The molecule has 0 amide bonds. The van der Waals surface area contributed by atoms with Gasteiger partial charge >= 0.3 is 0 Å². The highest BCUT2D eigenvalue weighted by molar-refractivity contribution is 9.13. The van der Waals surface area contributed by atoms with Crippen LogP contribution in [0.3, 0.4) is 0 Å². The molecule has 0 saturated carbocycles. The lowest BCUT2D eigenvalue weighted by Crippen LogP contribution is -2.24. The van der Waals surface area contributed by atoms with Crippen molar-refractivity contribution in [3.63, 3.8) is 0 Å². The number of hydrogen-bond acceptors (Lipinski definition) is 2. The first-order valence-corrected chi connectivity index (χ1v) is 9.40. The summed E-state index contributed by atoms with van der Waals surface area (Å²) in [5, 5.41) is 4.33. The van der Waals surface area contributed by atoms with Gasteiger partial charge in [-0.3, -0.25) is 9.59 Å². The Balaban J connectivity index is 2.59. The summed E-state index contributed by atoms with van der Waals surface area (Å²) in [6.45, 7) is 0. The van der Waals surface area contributed by atoms with Gasteiger partial charge in [0.25, 0.3) is 0 Å². The molecule has 4 rings (SSSR count). The summed E-state index contributed by atoms with van der Waals surface area (Å²) in [5.41, 5.74) is -0.931. The van der Waals surface area contributed by atoms with Crippen molar-refractivity contribution < 1.29 is 0 Å². The molecule has 22 heavy (non-hydrogen) atoms. The maximum absolute atomic E-state index is 12.5. The average molecular weight is 548 g/mol. The quantitative estimate of drug-likeness (QED) is 0.206. The Kier molecular flexibility index (Phi) is 3.39. The van der Waals surface area contributed by atoms with E-state index in [-0.39, 0.29) is 0 Å². The Hall–Kier alpha value is -0.560. The van der Waals surface area contributed by atoms with E-state index in [4.69, 9.17) is 0 Å². The molecule has 6 heteroatoms. The van der Waals surface area contributed by atoms with E-state index in [0.717, 1.165) is 39.4 Å². The van der Waals surface area contributed by atoms with Crippen LogP contribution in [-0.2, 0) is 0 Å². The zero-order valence-corrected chi connectivity index (χ0v) is 17.0. The summed E-state index contributed by atoms with van der Waals surface area (Å²) in [5.74, 6) is 0. The van der Waals surface area contributed by atoms with Crippen molar-refractivity contribution >= 4 is 96.0 Å². The monoisotopic (exact) mass is 544 g/mol. The van der Waals surface area contributed by atoms with Crippen LogP contribution in [0.5, 0.6) is 0 Å². The van der Waals surface area contributed by atoms with E-state index >= 15 is 0 Å². The lowest BCUT2D eigenvalue weighted by atomic mass is 9.94. The Morgan fingerprint density at radius 2 is 0.864 bits per heavy atom. The van der Waals surface area contributed by atoms with Crippen LogP contribution >= 0.6 is 63.7 Å². The topological polar surface area (TPSA) is 34.1 Å². The van der Waals surface area contributed by atoms with Crippen molar-refractivity contribution in [3.8, 4) is 0 Å². The largest absolute Gasteiger partial charge is 0.285 e. The summed E-state index contributed by atoms with van der Waals surface area (Å²) in [6, 6.07) is 7.32. The van der Waals surface area contributed by atoms with E-state index in [9.17, 15) is 9.59 Å². The van der Waals surface area contributed by atoms with E-state index < -0.39 is 10.9 Å². The van der Waals surface area contributed by atoms with E-state index in [1.165, 1.54) is 0 Å². The number of hydrogen-bond donors (Lipinski definition) is 0. The van der Waals surface area contributed by atoms with E-state index in [1.54, 1.807) is 12.1 Å². The van der Waals surface area contributed by atoms with Gasteiger partial charge in [-0.05, 0) is 66.9 Å². The summed E-state index contributed by atoms with van der Waals surface area (Å²) in [6.07, 6.45) is 0. The van der Waals surface area contributed by atoms with Gasteiger partial charge in [0.05, 0.1) is 0 Å². The molecule has 2 nitrogen and oxygen atoms in total. The Bertz CT molecular complexity index is 1110. The number of halogens is 4. The molecule has 0 aliphatic rings. The predicted octanol–water partition coefficient (Wildman–Crippen LogP) is 5.79. The Morgan fingerprint density at radius 1 is 0.545 bits per heavy atom. The standard InChI is InChI=1S/C16H4Br4O2/c17-5-1-7-11-9(3-5)15(21)16(22)10-4-6(18)2-8(12(10)11)14(20)13(7)19/h1-4H. The first kappa shape index (κ1) is 15.0. The maximum atomic E-state index is 12.5. The zero-order valence-electron chi connectivity index (χ0n) is 10.6. The van der Waals surface area contributed by atoms with Gasteiger partial charge in [0, 0.05) is 39.4 Å². The van der Waals surface area contributed by atoms with Gasteiger partial charge < -0.3 is 0 Å². The molecule has 0 saturated heterocycles. The fraction of sp³-hybridized carbons (Fsp3) is 0. The molecule has 0 radical (unpaired) electrons. The minimum absolute atomic E-state index is 0.447. The molecule has 4 aromatic rings. The smallest absolute Gasteiger partial charge is 0.234 e. The normalized spacial score (nSPS) is 12.0. The van der Waals surface area contributed by atoms with E-state index in [0.29, 0.717) is 10.8 Å². The molecule has 108 valence electrons. The average Bonchev–Trinajstić information content (AvgIpc) is 2.48. The van der Waals surface area contributed by atoms with Crippen molar-refractivity contribution in [1.82, 2.24) is 0 Å². The van der Waals surface area contributed by atoms with Crippen molar-refractivity contribution in [2.45, 2.75) is 0 Å². The highest BCUT2D eigenvalue weighted by Gasteiger charge is 2.20. The van der Waals surface area contributed by atoms with Gasteiger partial charge in [-0.15, -0.1) is 0 Å². The van der Waals surface area contributed by atoms with Crippen LogP contribution in [0.15, 0.2) is 51.7 Å². The molecule has 0 aliphatic carbocycles. The van der Waals surface area contributed by atoms with Crippen molar-refractivity contribution in [3.05, 3.63) is 62.6 Å². The summed E-state index contributed by atoms with van der Waals surface area (Å²) in [4.78, 5) is 25.0. The molecule has 4 aromatic carbocycles. The second kappa shape index (κ2) is 4.97. The minimum atomic E-state index is -0.465. The Morgan fingerprint density at radius 3 is 1.23 bits per heavy atom. The van der Waals surface area contributed by atoms with Crippen LogP contribution in [0.25, 0.3) is 32.3 Å². The van der Waals surface area contributed by atoms with Gasteiger partial charge in [-0.1, -0.05) is 31.9 Å². The molecule has 0 atom stereocenters. The molecule has 0 N–H and O–H groups in total. The van der Waals surface area contributed by atoms with Crippen LogP contribution in [0.4, 0.5) is 0 Å². The van der Waals surface area contributed by atoms with Gasteiger partial charge in [-0.2, -0.15) is 0 Å². The number of benzene rings is 4. The van der Waals surface area contributed by atoms with Crippen LogP contribution < -0.4 is 10.9 Å². The van der Waals surface area contributed by atoms with Crippen molar-refractivity contribution in [2.75, 3.05) is 0 Å². The molecule has 0 spiro atoms. The van der Waals surface area contributed by atoms with Gasteiger partial charge in [0.2, 0.25) is 10.9 Å². The number of rotatable bonds is 0. The van der Waals surface area contributed by atoms with Crippen LogP contribution in [0.2, 0.25) is 0 Å². The molecule has 0 aliphatic heterocycles. The fourth-order valence-electron chi connectivity index (χ4n) is 2.94. The second-order valence-corrected chi connectivity index (χ2v) is 8.46. The molecule has 0 fully saturated rings. The summed E-state index contributed by atoms with van der Waals surface area (Å²) >= 11 is 14.0. The first-order valence-electron chi connectivity index (χ1n) is 6.22. The molecule has 0 aromatic heterocycles. The first-order chi connectivity index (χ1) is 10.4. The fourth-order valence-corrected chi connectivity index (χ4v) is 4.91. The highest BCUT2D eigenvalue weighted by Crippen LogP contribution is 2.44. The van der Waals surface area contributed by atoms with Gasteiger partial charge in [0.15, 0.2) is 0 Å². The third-order valence-electron chi connectivity index (χ3n) is 3.82. The third kappa shape index (κ3) is 1.87. The van der Waals surface area contributed by atoms with Crippen LogP contribution in [0, 0.1) is 0 Å². The minimum Gasteiger partial charge on any atom is -0.285 e. The van der Waals surface area contributed by atoms with Gasteiger partial charge in [0.1, 0.15) is 0 Å². The highest BCUT2D eigenvalue weighted by atomic mass is 79.9. The predicted molar refractivity (Wildman–Crippen MR) is 105 cm³/mol. The second-order valence-electron chi connectivity index (χ2n) is 5.04. The third-order valence-corrected chi connectivity index (χ3v) is 6.91. The lowest BCUT2D eigenvalue weighted by molar-refractivity contribution is 1.57. The molecular weight excluding hydrogens is 544 g/mol. The molecular formula is C16H4Br4O2. The van der Waals surface area contributed by atoms with Crippen LogP contribution in [-0.4, -0.2) is 0 Å². The van der Waals surface area contributed by atoms with Crippen molar-refractivity contribution in [2.24, 2.45) is 0 Å².